The molecule has 3 rings (SSSR count). The van der Waals surface area contributed by atoms with Crippen LogP contribution in [0.15, 0.2) is 72.8 Å². The molecular weight excluding hydrogens is 353 g/mol. The summed E-state index contributed by atoms with van der Waals surface area (Å²) in [5.74, 6) is -0.355. The number of hydrogen-bond donors (Lipinski definition) is 2. The van der Waals surface area contributed by atoms with Gasteiger partial charge in [-0.3, -0.25) is 10.1 Å². The number of thiocarbonyl (C=S) groups is 1. The van der Waals surface area contributed by atoms with Gasteiger partial charge in [-0.2, -0.15) is 0 Å². The molecule has 0 unspecified atom stereocenters. The van der Waals surface area contributed by atoms with E-state index in [1.165, 1.54) is 18.2 Å². The van der Waals surface area contributed by atoms with Crippen molar-refractivity contribution in [3.8, 4) is 11.1 Å². The van der Waals surface area contributed by atoms with Crippen LogP contribution in [-0.2, 0) is 0 Å². The highest BCUT2D eigenvalue weighted by atomic mass is 32.1. The van der Waals surface area contributed by atoms with Gasteiger partial charge in [0.15, 0.2) is 5.11 Å². The minimum absolute atomic E-state index is 0.0523. The Balaban J connectivity index is 1.72. The van der Waals surface area contributed by atoms with Gasteiger partial charge >= 0.3 is 0 Å². The summed E-state index contributed by atoms with van der Waals surface area (Å²) >= 11 is 5.21. The molecule has 7 heteroatoms. The summed E-state index contributed by atoms with van der Waals surface area (Å²) in [6.45, 7) is 0. The standard InChI is InChI=1S/C19H14FN3O2S/c20-14-4-3-5-16(12-14)22-19(26)21-15-10-8-13(9-11-15)17-6-1-2-7-18(17)23(24)25/h1-12H,(H2,21,22,26). The normalized spacial score (nSPS) is 10.2. The summed E-state index contributed by atoms with van der Waals surface area (Å²) in [7, 11) is 0. The second kappa shape index (κ2) is 7.71. The van der Waals surface area contributed by atoms with Crippen LogP contribution in [0.4, 0.5) is 21.5 Å². The minimum atomic E-state index is -0.403. The number of para-hydroxylation sites is 1. The Morgan fingerprint density at radius 1 is 0.923 bits per heavy atom. The summed E-state index contributed by atoms with van der Waals surface area (Å²) in [5.41, 5.74) is 2.58. The molecular formula is C19H14FN3O2S. The molecule has 0 aromatic heterocycles. The molecule has 0 amide bonds. The predicted octanol–water partition coefficient (Wildman–Crippen LogP) is 5.21. The van der Waals surface area contributed by atoms with Gasteiger partial charge in [-0.15, -0.1) is 0 Å². The molecule has 0 aliphatic rings. The number of anilines is 2. The molecule has 0 spiro atoms. The number of nitro groups is 1. The molecule has 0 radical (unpaired) electrons. The maximum atomic E-state index is 13.2. The van der Waals surface area contributed by atoms with E-state index in [-0.39, 0.29) is 11.5 Å². The predicted molar refractivity (Wildman–Crippen MR) is 105 cm³/mol. The van der Waals surface area contributed by atoms with Gasteiger partial charge in [0.25, 0.3) is 5.69 Å². The Morgan fingerprint density at radius 2 is 1.62 bits per heavy atom. The van der Waals surface area contributed by atoms with Crippen LogP contribution in [0, 0.1) is 15.9 Å². The minimum Gasteiger partial charge on any atom is -0.332 e. The molecule has 3 aromatic carbocycles. The van der Waals surface area contributed by atoms with Crippen molar-refractivity contribution < 1.29 is 9.31 Å². The molecule has 0 fully saturated rings. The Bertz CT molecular complexity index is 961. The molecule has 0 atom stereocenters. The molecule has 2 N–H and O–H groups in total. The highest BCUT2D eigenvalue weighted by molar-refractivity contribution is 7.80. The van der Waals surface area contributed by atoms with E-state index < -0.39 is 4.92 Å². The third-order valence-electron chi connectivity index (χ3n) is 3.64. The number of rotatable bonds is 4. The fraction of sp³-hybridized carbons (Fsp3) is 0. The van der Waals surface area contributed by atoms with E-state index in [2.05, 4.69) is 10.6 Å². The molecule has 3 aromatic rings. The number of nitrogens with one attached hydrogen (secondary N) is 2. The molecule has 0 aliphatic carbocycles. The summed E-state index contributed by atoms with van der Waals surface area (Å²) in [5, 5.41) is 17.3. The summed E-state index contributed by atoms with van der Waals surface area (Å²) in [4.78, 5) is 10.7. The van der Waals surface area contributed by atoms with Gasteiger partial charge < -0.3 is 10.6 Å². The van der Waals surface area contributed by atoms with E-state index in [9.17, 15) is 14.5 Å². The van der Waals surface area contributed by atoms with Crippen LogP contribution < -0.4 is 10.6 Å². The zero-order valence-corrected chi connectivity index (χ0v) is 14.3. The quantitative estimate of drug-likeness (QED) is 0.376. The van der Waals surface area contributed by atoms with E-state index in [4.69, 9.17) is 12.2 Å². The van der Waals surface area contributed by atoms with Crippen LogP contribution in [0.5, 0.6) is 0 Å². The van der Waals surface area contributed by atoms with Gasteiger partial charge in [0, 0.05) is 17.4 Å². The second-order valence-electron chi connectivity index (χ2n) is 5.44. The van der Waals surface area contributed by atoms with Crippen LogP contribution in [0.2, 0.25) is 0 Å². The van der Waals surface area contributed by atoms with Gasteiger partial charge in [0.2, 0.25) is 0 Å². The SMILES string of the molecule is O=[N+]([O-])c1ccccc1-c1ccc(NC(=S)Nc2cccc(F)c2)cc1. The van der Waals surface area contributed by atoms with Crippen molar-refractivity contribution in [1.29, 1.82) is 0 Å². The van der Waals surface area contributed by atoms with E-state index in [0.717, 1.165) is 5.56 Å². The number of nitro benzene ring substituents is 1. The molecule has 0 bridgehead atoms. The fourth-order valence-electron chi connectivity index (χ4n) is 2.47. The average molecular weight is 367 g/mol. The Morgan fingerprint density at radius 3 is 2.31 bits per heavy atom. The van der Waals surface area contributed by atoms with Crippen molar-refractivity contribution in [2.24, 2.45) is 0 Å². The zero-order valence-electron chi connectivity index (χ0n) is 13.5. The topological polar surface area (TPSA) is 67.2 Å². The second-order valence-corrected chi connectivity index (χ2v) is 5.85. The van der Waals surface area contributed by atoms with Crippen LogP contribution >= 0.6 is 12.2 Å². The van der Waals surface area contributed by atoms with Gasteiger partial charge in [-0.25, -0.2) is 4.39 Å². The first kappa shape index (κ1) is 17.5. The molecule has 26 heavy (non-hydrogen) atoms. The van der Waals surface area contributed by atoms with Crippen LogP contribution in [0.3, 0.4) is 0 Å². The molecule has 0 saturated heterocycles. The fourth-order valence-corrected chi connectivity index (χ4v) is 2.71. The average Bonchev–Trinajstić information content (AvgIpc) is 2.62. The zero-order chi connectivity index (χ0) is 18.5. The van der Waals surface area contributed by atoms with E-state index in [1.807, 2.05) is 0 Å². The number of hydrogen-bond acceptors (Lipinski definition) is 3. The van der Waals surface area contributed by atoms with Gasteiger partial charge in [0.1, 0.15) is 5.82 Å². The maximum absolute atomic E-state index is 13.2. The van der Waals surface area contributed by atoms with Crippen LogP contribution in [0.1, 0.15) is 0 Å². The highest BCUT2D eigenvalue weighted by Crippen LogP contribution is 2.30. The van der Waals surface area contributed by atoms with Crippen molar-refractivity contribution in [2.45, 2.75) is 0 Å². The van der Waals surface area contributed by atoms with Crippen molar-refractivity contribution >= 4 is 34.4 Å². The Labute approximate surface area is 154 Å². The van der Waals surface area contributed by atoms with Crippen molar-refractivity contribution in [2.75, 3.05) is 10.6 Å². The summed E-state index contributed by atoms with van der Waals surface area (Å²) in [6.07, 6.45) is 0. The van der Waals surface area contributed by atoms with Crippen molar-refractivity contribution in [3.63, 3.8) is 0 Å². The first-order chi connectivity index (χ1) is 12.5. The lowest BCUT2D eigenvalue weighted by molar-refractivity contribution is -0.384. The van der Waals surface area contributed by atoms with E-state index >= 15 is 0 Å². The maximum Gasteiger partial charge on any atom is 0.277 e. The van der Waals surface area contributed by atoms with Gasteiger partial charge in [0.05, 0.1) is 10.5 Å². The lowest BCUT2D eigenvalue weighted by Crippen LogP contribution is -2.19. The number of benzene rings is 3. The Kier molecular flexibility index (Phi) is 5.19. The smallest absolute Gasteiger partial charge is 0.277 e. The monoisotopic (exact) mass is 367 g/mol. The molecule has 0 heterocycles. The first-order valence-electron chi connectivity index (χ1n) is 7.70. The largest absolute Gasteiger partial charge is 0.332 e. The summed E-state index contributed by atoms with van der Waals surface area (Å²) in [6, 6.07) is 19.6. The van der Waals surface area contributed by atoms with Gasteiger partial charge in [-0.05, 0) is 54.2 Å². The lowest BCUT2D eigenvalue weighted by Gasteiger charge is -2.11. The third kappa shape index (κ3) is 4.20. The Hall–Kier alpha value is -3.32. The first-order valence-corrected chi connectivity index (χ1v) is 8.11. The molecule has 0 saturated carbocycles. The van der Waals surface area contributed by atoms with Crippen molar-refractivity contribution in [1.82, 2.24) is 0 Å². The van der Waals surface area contributed by atoms with Crippen LogP contribution in [0.25, 0.3) is 11.1 Å². The number of nitrogens with zero attached hydrogens (tertiary/aromatic N) is 1. The molecule has 5 nitrogen and oxygen atoms in total. The molecule has 0 aliphatic heterocycles. The van der Waals surface area contributed by atoms with Crippen molar-refractivity contribution in [3.05, 3.63) is 88.7 Å². The number of halogens is 1. The van der Waals surface area contributed by atoms with Crippen LogP contribution in [-0.4, -0.2) is 10.0 Å². The molecule has 130 valence electrons. The third-order valence-corrected chi connectivity index (χ3v) is 3.84. The van der Waals surface area contributed by atoms with E-state index in [1.54, 1.807) is 54.6 Å². The highest BCUT2D eigenvalue weighted by Gasteiger charge is 2.13. The lowest BCUT2D eigenvalue weighted by atomic mass is 10.0. The van der Waals surface area contributed by atoms with Gasteiger partial charge in [-0.1, -0.05) is 30.3 Å². The summed E-state index contributed by atoms with van der Waals surface area (Å²) < 4.78 is 13.2. The van der Waals surface area contributed by atoms with E-state index in [0.29, 0.717) is 22.1 Å².